The van der Waals surface area contributed by atoms with Gasteiger partial charge in [0.2, 0.25) is 0 Å². The van der Waals surface area contributed by atoms with Crippen molar-refractivity contribution in [3.63, 3.8) is 0 Å². The van der Waals surface area contributed by atoms with Gasteiger partial charge in [-0.25, -0.2) is 0 Å². The van der Waals surface area contributed by atoms with Gasteiger partial charge in [-0.15, -0.1) is 0 Å². The number of amides is 1. The number of carbonyl (C=O) groups excluding carboxylic acids is 1. The van der Waals surface area contributed by atoms with Gasteiger partial charge in [-0.3, -0.25) is 9.59 Å². The van der Waals surface area contributed by atoms with E-state index < -0.39 is 52.9 Å². The summed E-state index contributed by atoms with van der Waals surface area (Å²) in [5, 5.41) is 10.1. The molecule has 0 fully saturated rings. The van der Waals surface area contributed by atoms with Crippen molar-refractivity contribution in [3.8, 4) is 0 Å². The van der Waals surface area contributed by atoms with Gasteiger partial charge in [-0.05, 0) is 42.3 Å². The zero-order chi connectivity index (χ0) is 26.0. The van der Waals surface area contributed by atoms with Gasteiger partial charge in [0.1, 0.15) is 6.04 Å². The molecule has 0 saturated heterocycles. The van der Waals surface area contributed by atoms with Crippen molar-refractivity contribution in [2.75, 3.05) is 0 Å². The highest BCUT2D eigenvalue weighted by molar-refractivity contribution is 6.48. The molecule has 2 aromatic carbocycles. The van der Waals surface area contributed by atoms with E-state index in [0.29, 0.717) is 12.1 Å². The first kappa shape index (κ1) is 27.8. The highest BCUT2D eigenvalue weighted by Crippen LogP contribution is 2.41. The Balaban J connectivity index is 2.49. The Morgan fingerprint density at radius 3 is 2.03 bits per heavy atom. The Morgan fingerprint density at radius 1 is 1.00 bits per heavy atom. The molecule has 4 nitrogen and oxygen atoms in total. The number of allylic oxidation sites excluding steroid dienone is 1. The fraction of sp³-hybridized carbons (Fsp3) is 0.238. The summed E-state index contributed by atoms with van der Waals surface area (Å²) in [5.41, 5.74) is -3.03. The third-order valence-electron chi connectivity index (χ3n) is 4.51. The van der Waals surface area contributed by atoms with Gasteiger partial charge in [0, 0.05) is 0 Å². The van der Waals surface area contributed by atoms with Gasteiger partial charge >= 0.3 is 18.3 Å². The molecule has 0 aromatic heterocycles. The van der Waals surface area contributed by atoms with Crippen LogP contribution in [0.2, 0.25) is 15.1 Å². The molecule has 0 aliphatic carbocycles. The van der Waals surface area contributed by atoms with Gasteiger partial charge in [0.15, 0.2) is 0 Å². The quantitative estimate of drug-likeness (QED) is 0.296. The maximum Gasteiger partial charge on any atom is 0.417 e. The average Bonchev–Trinajstić information content (AvgIpc) is 2.70. The molecule has 2 aromatic rings. The first-order valence-electron chi connectivity index (χ1n) is 9.16. The van der Waals surface area contributed by atoms with Crippen molar-refractivity contribution in [3.05, 3.63) is 73.7 Å². The van der Waals surface area contributed by atoms with Crippen LogP contribution < -0.4 is 5.32 Å². The van der Waals surface area contributed by atoms with Crippen LogP contribution in [-0.4, -0.2) is 29.2 Å². The Labute approximate surface area is 204 Å². The fourth-order valence-corrected chi connectivity index (χ4v) is 3.42. The van der Waals surface area contributed by atoms with E-state index in [4.69, 9.17) is 39.9 Å². The molecule has 0 spiro atoms. The summed E-state index contributed by atoms with van der Waals surface area (Å²) in [6.45, 7) is 1.05. The van der Waals surface area contributed by atoms with Crippen LogP contribution in [0.1, 0.15) is 39.9 Å². The van der Waals surface area contributed by atoms with E-state index in [9.17, 15) is 35.9 Å². The Hall–Kier alpha value is -2.43. The summed E-state index contributed by atoms with van der Waals surface area (Å²) in [6, 6.07) is 2.62. The summed E-state index contributed by atoms with van der Waals surface area (Å²) in [5.74, 6) is -5.06. The molecule has 0 aliphatic heterocycles. The number of benzene rings is 2. The second kappa shape index (κ2) is 10.5. The third-order valence-corrected chi connectivity index (χ3v) is 5.71. The Morgan fingerprint density at radius 2 is 1.56 bits per heavy atom. The van der Waals surface area contributed by atoms with Crippen molar-refractivity contribution in [1.82, 2.24) is 5.32 Å². The molecule has 1 amide bonds. The second-order valence-corrected chi connectivity index (χ2v) is 8.21. The number of rotatable bonds is 6. The topological polar surface area (TPSA) is 66.4 Å². The predicted molar refractivity (Wildman–Crippen MR) is 115 cm³/mol. The smallest absolute Gasteiger partial charge is 0.417 e. The molecule has 2 N–H and O–H groups in total. The van der Waals surface area contributed by atoms with Crippen LogP contribution in [0.25, 0.3) is 6.08 Å². The molecule has 0 saturated carbocycles. The Kier molecular flexibility index (Phi) is 8.55. The summed E-state index contributed by atoms with van der Waals surface area (Å²) in [7, 11) is 0. The first-order valence-corrected chi connectivity index (χ1v) is 10.3. The van der Waals surface area contributed by atoms with Crippen molar-refractivity contribution in [1.29, 1.82) is 0 Å². The van der Waals surface area contributed by atoms with E-state index in [0.717, 1.165) is 37.3 Å². The highest BCUT2D eigenvalue weighted by atomic mass is 35.5. The van der Waals surface area contributed by atoms with Crippen LogP contribution in [-0.2, 0) is 11.0 Å². The number of carboxylic acid groups (broad SMARTS) is 1. The summed E-state index contributed by atoms with van der Waals surface area (Å²) >= 11 is 17.3. The van der Waals surface area contributed by atoms with Crippen LogP contribution in [0.4, 0.5) is 26.3 Å². The minimum absolute atomic E-state index is 0.155. The van der Waals surface area contributed by atoms with Crippen molar-refractivity contribution in [2.45, 2.75) is 31.2 Å². The lowest BCUT2D eigenvalue weighted by atomic mass is 9.96. The van der Waals surface area contributed by atoms with E-state index in [1.54, 1.807) is 0 Å². The van der Waals surface area contributed by atoms with Gasteiger partial charge in [0.05, 0.1) is 32.1 Å². The largest absolute Gasteiger partial charge is 0.480 e. The van der Waals surface area contributed by atoms with Gasteiger partial charge in [0.25, 0.3) is 5.91 Å². The van der Waals surface area contributed by atoms with Crippen molar-refractivity contribution < 1.29 is 41.0 Å². The lowest BCUT2D eigenvalue weighted by molar-refractivity contribution is -0.140. The molecular weight excluding hydrogens is 535 g/mol. The summed E-state index contributed by atoms with van der Waals surface area (Å²) in [4.78, 5) is 23.0. The number of halogens is 9. The molecule has 13 heteroatoms. The number of nitrogens with one attached hydrogen (secondary N) is 1. The lowest BCUT2D eigenvalue weighted by Crippen LogP contribution is -2.39. The number of carboxylic acids is 1. The van der Waals surface area contributed by atoms with Gasteiger partial charge in [-0.1, -0.05) is 53.0 Å². The minimum Gasteiger partial charge on any atom is -0.480 e. The maximum atomic E-state index is 13.6. The molecule has 2 rings (SSSR count). The standard InChI is InChI=1S/C21H14Cl3F6NO3/c1-9(19(33)34)31-18(32)12-4-2-10(6-14(12)21(28,29)30)3-5-13(20(25,26)27)11-7-15(22)17(24)16(23)8-11/h2-9,13H,1H3,(H,31,32)(H,33,34). The molecule has 184 valence electrons. The number of carbonyl (C=O) groups is 2. The number of hydrogen-bond donors (Lipinski definition) is 2. The lowest BCUT2D eigenvalue weighted by Gasteiger charge is -2.19. The number of alkyl halides is 6. The normalized spacial score (nSPS) is 14.2. The number of hydrogen-bond acceptors (Lipinski definition) is 2. The molecule has 34 heavy (non-hydrogen) atoms. The van der Waals surface area contributed by atoms with Gasteiger partial charge < -0.3 is 10.4 Å². The predicted octanol–water partition coefficient (Wildman–Crippen LogP) is 7.23. The molecule has 2 unspecified atom stereocenters. The molecule has 0 heterocycles. The first-order chi connectivity index (χ1) is 15.5. The van der Waals surface area contributed by atoms with Gasteiger partial charge in [-0.2, -0.15) is 26.3 Å². The zero-order valence-corrected chi connectivity index (χ0v) is 19.1. The second-order valence-electron chi connectivity index (χ2n) is 7.01. The van der Waals surface area contributed by atoms with Crippen molar-refractivity contribution >= 4 is 52.8 Å². The zero-order valence-electron chi connectivity index (χ0n) is 16.9. The number of aliphatic carboxylic acids is 1. The van der Waals surface area contributed by atoms with E-state index in [2.05, 4.69) is 0 Å². The van der Waals surface area contributed by atoms with E-state index >= 15 is 0 Å². The molecule has 0 bridgehead atoms. The van der Waals surface area contributed by atoms with Crippen LogP contribution in [0.15, 0.2) is 36.4 Å². The summed E-state index contributed by atoms with van der Waals surface area (Å²) in [6.07, 6.45) is -8.50. The SMILES string of the molecule is CC(NC(=O)c1ccc(C=CC(c2cc(Cl)c(Cl)c(Cl)c2)C(F)(F)F)cc1C(F)(F)F)C(=O)O. The van der Waals surface area contributed by atoms with Crippen molar-refractivity contribution in [2.24, 2.45) is 0 Å². The molecule has 2 atom stereocenters. The van der Waals surface area contributed by atoms with Crippen LogP contribution in [0.5, 0.6) is 0 Å². The van der Waals surface area contributed by atoms with Crippen LogP contribution in [0, 0.1) is 0 Å². The monoisotopic (exact) mass is 547 g/mol. The van der Waals surface area contributed by atoms with Crippen LogP contribution in [0.3, 0.4) is 0 Å². The molecule has 0 radical (unpaired) electrons. The van der Waals surface area contributed by atoms with Crippen LogP contribution >= 0.6 is 34.8 Å². The van der Waals surface area contributed by atoms with E-state index in [1.165, 1.54) is 0 Å². The minimum atomic E-state index is -5.05. The Bertz CT molecular complexity index is 1110. The van der Waals surface area contributed by atoms with E-state index in [1.807, 2.05) is 5.32 Å². The highest BCUT2D eigenvalue weighted by Gasteiger charge is 2.40. The molecular formula is C21H14Cl3F6NO3. The van der Waals surface area contributed by atoms with E-state index in [-0.39, 0.29) is 20.6 Å². The third kappa shape index (κ3) is 6.80. The molecule has 0 aliphatic rings. The fourth-order valence-electron chi connectivity index (χ4n) is 2.81. The summed E-state index contributed by atoms with van der Waals surface area (Å²) < 4.78 is 81.5. The average molecular weight is 549 g/mol. The maximum absolute atomic E-state index is 13.6.